The Balaban J connectivity index is 1.52. The van der Waals surface area contributed by atoms with E-state index >= 15 is 0 Å². The molecule has 1 saturated heterocycles. The van der Waals surface area contributed by atoms with Crippen LogP contribution in [-0.2, 0) is 9.59 Å². The molecule has 0 bridgehead atoms. The van der Waals surface area contributed by atoms with Gasteiger partial charge in [-0.3, -0.25) is 14.9 Å². The van der Waals surface area contributed by atoms with Crippen LogP contribution in [0.1, 0.15) is 43.0 Å². The van der Waals surface area contributed by atoms with Crippen molar-refractivity contribution in [2.75, 3.05) is 11.9 Å². The number of likely N-dealkylation sites (tertiary alicyclic amines) is 1. The molecular formula is C20H24N4O3. The van der Waals surface area contributed by atoms with E-state index in [-0.39, 0.29) is 17.9 Å². The summed E-state index contributed by atoms with van der Waals surface area (Å²) in [4.78, 5) is 27.8. The number of piperidine rings is 1. The molecule has 27 heavy (non-hydrogen) atoms. The average molecular weight is 368 g/mol. The lowest BCUT2D eigenvalue weighted by Crippen LogP contribution is -2.53. The van der Waals surface area contributed by atoms with E-state index in [0.717, 1.165) is 37.8 Å². The summed E-state index contributed by atoms with van der Waals surface area (Å²) in [6.07, 6.45) is 3.87. The molecule has 2 aromatic rings. The Morgan fingerprint density at radius 2 is 2.04 bits per heavy atom. The maximum Gasteiger partial charge on any atom is 0.247 e. The fourth-order valence-corrected chi connectivity index (χ4v) is 3.60. The van der Waals surface area contributed by atoms with E-state index in [2.05, 4.69) is 15.8 Å². The third-order valence-electron chi connectivity index (χ3n) is 5.10. The van der Waals surface area contributed by atoms with Crippen molar-refractivity contribution in [1.29, 1.82) is 0 Å². The molecule has 2 N–H and O–H groups in total. The second-order valence-corrected chi connectivity index (χ2v) is 7.28. The summed E-state index contributed by atoms with van der Waals surface area (Å²) in [6.45, 7) is 2.59. The summed E-state index contributed by atoms with van der Waals surface area (Å²) in [5, 5.41) is 9.91. The van der Waals surface area contributed by atoms with Gasteiger partial charge in [0, 0.05) is 18.7 Å². The summed E-state index contributed by atoms with van der Waals surface area (Å²) in [7, 11) is 0. The van der Waals surface area contributed by atoms with E-state index in [9.17, 15) is 9.59 Å². The standard InChI is InChI=1S/C20H24N4O3/c1-13-12-17(23-27-13)22-19(25)18(14-6-3-2-4-7-14)21-16-8-5-11-24(20(16)26)15-9-10-15/h2-4,6-7,12,15-16,18,21H,5,8-11H2,1H3,(H,22,23,25). The van der Waals surface area contributed by atoms with Gasteiger partial charge in [-0.25, -0.2) is 0 Å². The highest BCUT2D eigenvalue weighted by Gasteiger charge is 2.39. The van der Waals surface area contributed by atoms with E-state index in [0.29, 0.717) is 17.6 Å². The number of nitrogens with one attached hydrogen (secondary N) is 2. The second kappa shape index (κ2) is 7.52. The maximum absolute atomic E-state index is 13.0. The first-order chi connectivity index (χ1) is 13.1. The Morgan fingerprint density at radius 1 is 1.26 bits per heavy atom. The van der Waals surface area contributed by atoms with E-state index in [1.54, 1.807) is 13.0 Å². The number of anilines is 1. The highest BCUT2D eigenvalue weighted by atomic mass is 16.5. The molecule has 4 rings (SSSR count). The van der Waals surface area contributed by atoms with Gasteiger partial charge in [-0.05, 0) is 38.2 Å². The van der Waals surface area contributed by atoms with Crippen LogP contribution in [0.3, 0.4) is 0 Å². The molecule has 1 aromatic carbocycles. The van der Waals surface area contributed by atoms with Gasteiger partial charge in [-0.15, -0.1) is 0 Å². The lowest BCUT2D eigenvalue weighted by Gasteiger charge is -2.34. The number of hydrogen-bond donors (Lipinski definition) is 2. The Labute approximate surface area is 158 Å². The third kappa shape index (κ3) is 4.03. The molecule has 7 heteroatoms. The predicted octanol–water partition coefficient (Wildman–Crippen LogP) is 2.41. The van der Waals surface area contributed by atoms with Gasteiger partial charge < -0.3 is 14.7 Å². The predicted molar refractivity (Wildman–Crippen MR) is 99.9 cm³/mol. The molecule has 2 amide bonds. The van der Waals surface area contributed by atoms with Crippen molar-refractivity contribution in [2.24, 2.45) is 0 Å². The molecule has 0 radical (unpaired) electrons. The van der Waals surface area contributed by atoms with E-state index < -0.39 is 6.04 Å². The zero-order valence-corrected chi connectivity index (χ0v) is 15.4. The van der Waals surface area contributed by atoms with Gasteiger partial charge in [0.05, 0.1) is 6.04 Å². The van der Waals surface area contributed by atoms with Crippen molar-refractivity contribution < 1.29 is 14.1 Å². The van der Waals surface area contributed by atoms with E-state index in [1.807, 2.05) is 35.2 Å². The van der Waals surface area contributed by atoms with Crippen LogP contribution in [0.2, 0.25) is 0 Å². The maximum atomic E-state index is 13.0. The van der Waals surface area contributed by atoms with Gasteiger partial charge >= 0.3 is 0 Å². The zero-order chi connectivity index (χ0) is 18.8. The monoisotopic (exact) mass is 368 g/mol. The number of aryl methyl sites for hydroxylation is 1. The summed E-state index contributed by atoms with van der Waals surface area (Å²) >= 11 is 0. The van der Waals surface area contributed by atoms with Crippen molar-refractivity contribution in [1.82, 2.24) is 15.4 Å². The molecule has 0 spiro atoms. The van der Waals surface area contributed by atoms with Crippen molar-refractivity contribution in [3.8, 4) is 0 Å². The van der Waals surface area contributed by atoms with Gasteiger partial charge in [0.2, 0.25) is 11.8 Å². The van der Waals surface area contributed by atoms with Gasteiger partial charge in [0.25, 0.3) is 0 Å². The summed E-state index contributed by atoms with van der Waals surface area (Å²) < 4.78 is 5.02. The number of benzene rings is 1. The average Bonchev–Trinajstić information content (AvgIpc) is 3.43. The Bertz CT molecular complexity index is 816. The quantitative estimate of drug-likeness (QED) is 0.818. The van der Waals surface area contributed by atoms with E-state index in [1.165, 1.54) is 0 Å². The van der Waals surface area contributed by atoms with Crippen molar-refractivity contribution in [2.45, 2.75) is 50.7 Å². The van der Waals surface area contributed by atoms with E-state index in [4.69, 9.17) is 4.52 Å². The highest BCUT2D eigenvalue weighted by molar-refractivity contribution is 5.95. The van der Waals surface area contributed by atoms with Crippen molar-refractivity contribution in [3.05, 3.63) is 47.7 Å². The van der Waals surface area contributed by atoms with Crippen LogP contribution in [0.25, 0.3) is 0 Å². The molecular weight excluding hydrogens is 344 g/mol. The number of nitrogens with zero attached hydrogens (tertiary/aromatic N) is 2. The van der Waals surface area contributed by atoms with Gasteiger partial charge in [-0.1, -0.05) is 35.5 Å². The minimum atomic E-state index is -0.642. The van der Waals surface area contributed by atoms with Crippen molar-refractivity contribution in [3.63, 3.8) is 0 Å². The Kier molecular flexibility index (Phi) is 4.94. The highest BCUT2D eigenvalue weighted by Crippen LogP contribution is 2.30. The molecule has 2 aliphatic rings. The zero-order valence-electron chi connectivity index (χ0n) is 15.4. The molecule has 2 heterocycles. The largest absolute Gasteiger partial charge is 0.360 e. The first-order valence-electron chi connectivity index (χ1n) is 9.47. The topological polar surface area (TPSA) is 87.5 Å². The van der Waals surface area contributed by atoms with Crippen LogP contribution < -0.4 is 10.6 Å². The molecule has 1 saturated carbocycles. The van der Waals surface area contributed by atoms with Crippen LogP contribution in [0, 0.1) is 6.92 Å². The SMILES string of the molecule is Cc1cc(NC(=O)C(NC2CCCN(C3CC3)C2=O)c2ccccc2)no1. The van der Waals surface area contributed by atoms with Crippen LogP contribution >= 0.6 is 0 Å². The third-order valence-corrected chi connectivity index (χ3v) is 5.10. The van der Waals surface area contributed by atoms with Crippen LogP contribution in [0.15, 0.2) is 40.9 Å². The van der Waals surface area contributed by atoms with Gasteiger partial charge in [0.1, 0.15) is 11.8 Å². The fourth-order valence-electron chi connectivity index (χ4n) is 3.60. The number of carbonyl (C=O) groups is 2. The number of carbonyl (C=O) groups excluding carboxylic acids is 2. The number of rotatable bonds is 6. The lowest BCUT2D eigenvalue weighted by atomic mass is 10.00. The molecule has 142 valence electrons. The molecule has 1 aromatic heterocycles. The van der Waals surface area contributed by atoms with Crippen molar-refractivity contribution >= 4 is 17.6 Å². The minimum absolute atomic E-state index is 0.106. The second-order valence-electron chi connectivity index (χ2n) is 7.28. The minimum Gasteiger partial charge on any atom is -0.360 e. The molecule has 2 atom stereocenters. The van der Waals surface area contributed by atoms with Crippen LogP contribution in [0.4, 0.5) is 5.82 Å². The van der Waals surface area contributed by atoms with Crippen LogP contribution in [0.5, 0.6) is 0 Å². The fraction of sp³-hybridized carbons (Fsp3) is 0.450. The normalized spacial score (nSPS) is 21.1. The van der Waals surface area contributed by atoms with Crippen LogP contribution in [-0.4, -0.2) is 40.5 Å². The van der Waals surface area contributed by atoms with Gasteiger partial charge in [-0.2, -0.15) is 0 Å². The Hall–Kier alpha value is -2.67. The summed E-state index contributed by atoms with van der Waals surface area (Å²) in [5.41, 5.74) is 0.812. The number of aromatic nitrogens is 1. The summed E-state index contributed by atoms with van der Waals surface area (Å²) in [5.74, 6) is 0.840. The molecule has 2 unspecified atom stereocenters. The number of hydrogen-bond acceptors (Lipinski definition) is 5. The lowest BCUT2D eigenvalue weighted by molar-refractivity contribution is -0.137. The molecule has 1 aliphatic heterocycles. The molecule has 1 aliphatic carbocycles. The summed E-state index contributed by atoms with van der Waals surface area (Å²) in [6, 6.07) is 10.5. The first-order valence-corrected chi connectivity index (χ1v) is 9.47. The first kappa shape index (κ1) is 17.7. The smallest absolute Gasteiger partial charge is 0.247 e. The molecule has 2 fully saturated rings. The number of amides is 2. The van der Waals surface area contributed by atoms with Gasteiger partial charge in [0.15, 0.2) is 5.82 Å². The molecule has 7 nitrogen and oxygen atoms in total. The Morgan fingerprint density at radius 3 is 2.70 bits per heavy atom.